The minimum atomic E-state index is -0.0335. The summed E-state index contributed by atoms with van der Waals surface area (Å²) in [6.45, 7) is 6.69. The molecular formula is C45H32N3OPt-3. The van der Waals surface area contributed by atoms with Crippen LogP contribution in [0, 0.1) is 18.2 Å². The number of benzene rings is 6. The second-order valence-corrected chi connectivity index (χ2v) is 13.4. The average molecular weight is 826 g/mol. The molecular weight excluding hydrogens is 794 g/mol. The van der Waals surface area contributed by atoms with E-state index in [1.54, 1.807) is 0 Å². The maximum Gasteiger partial charge on any atom is 0.135 e. The SMILES string of the molecule is CC(C)(C)c1ccnc(-n2c3[c-]c4c(cc3c3ccccc32)oc2ccccc2c2ccccc2n4-c2[c-]c(-c3[c-]cccc3)ccc2)c1.[Pt]. The van der Waals surface area contributed by atoms with Gasteiger partial charge in [0.15, 0.2) is 0 Å². The normalized spacial score (nSPS) is 11.7. The van der Waals surface area contributed by atoms with Crippen molar-refractivity contribution in [3.05, 3.63) is 163 Å². The predicted octanol–water partition coefficient (Wildman–Crippen LogP) is 11.5. The van der Waals surface area contributed by atoms with Crippen LogP contribution in [-0.2, 0) is 26.5 Å². The van der Waals surface area contributed by atoms with Gasteiger partial charge in [-0.05, 0) is 57.9 Å². The first-order chi connectivity index (χ1) is 23.9. The molecule has 0 amide bonds. The number of rotatable bonds is 3. The fourth-order valence-electron chi connectivity index (χ4n) is 6.87. The second kappa shape index (κ2) is 12.5. The van der Waals surface area contributed by atoms with E-state index in [0.29, 0.717) is 5.58 Å². The van der Waals surface area contributed by atoms with Crippen LogP contribution in [0.15, 0.2) is 144 Å². The van der Waals surface area contributed by atoms with E-state index in [2.05, 4.69) is 151 Å². The number of nitrogens with zero attached hydrogens (tertiary/aromatic N) is 3. The van der Waals surface area contributed by atoms with Gasteiger partial charge in [-0.1, -0.05) is 86.3 Å². The number of hydrogen-bond acceptors (Lipinski definition) is 2. The Bertz CT molecular complexity index is 2760. The van der Waals surface area contributed by atoms with E-state index < -0.39 is 0 Å². The molecule has 0 spiro atoms. The Morgan fingerprint density at radius 3 is 2.02 bits per heavy atom. The zero-order chi connectivity index (χ0) is 33.1. The van der Waals surface area contributed by atoms with Crippen LogP contribution < -0.4 is 0 Å². The van der Waals surface area contributed by atoms with E-state index in [9.17, 15) is 0 Å². The summed E-state index contributed by atoms with van der Waals surface area (Å²) in [5.41, 5.74) is 9.28. The number of aromatic nitrogens is 3. The predicted molar refractivity (Wildman–Crippen MR) is 201 cm³/mol. The van der Waals surface area contributed by atoms with Gasteiger partial charge in [0.05, 0.1) is 5.52 Å². The van der Waals surface area contributed by atoms with Gasteiger partial charge in [-0.25, -0.2) is 16.1 Å². The van der Waals surface area contributed by atoms with E-state index in [4.69, 9.17) is 9.40 Å². The van der Waals surface area contributed by atoms with Gasteiger partial charge in [0.25, 0.3) is 0 Å². The Hall–Kier alpha value is -5.44. The molecule has 0 bridgehead atoms. The molecule has 3 aromatic heterocycles. The third-order valence-corrected chi connectivity index (χ3v) is 9.29. The van der Waals surface area contributed by atoms with Crippen LogP contribution in [0.3, 0.4) is 0 Å². The third-order valence-electron chi connectivity index (χ3n) is 9.29. The Kier molecular flexibility index (Phi) is 7.93. The van der Waals surface area contributed by atoms with Crippen LogP contribution in [0.5, 0.6) is 0 Å². The summed E-state index contributed by atoms with van der Waals surface area (Å²) in [7, 11) is 0. The Balaban J connectivity index is 0.00000361. The summed E-state index contributed by atoms with van der Waals surface area (Å²) in [5.74, 6) is 0.854. The molecule has 0 aliphatic heterocycles. The summed E-state index contributed by atoms with van der Waals surface area (Å²) >= 11 is 0. The molecule has 246 valence electrons. The molecule has 0 atom stereocenters. The average Bonchev–Trinajstić information content (AvgIpc) is 3.45. The minimum absolute atomic E-state index is 0. The maximum atomic E-state index is 6.92. The molecule has 0 radical (unpaired) electrons. The van der Waals surface area contributed by atoms with Crippen LogP contribution in [0.25, 0.3) is 77.4 Å². The molecule has 0 saturated heterocycles. The third kappa shape index (κ3) is 5.32. The van der Waals surface area contributed by atoms with Crippen molar-refractivity contribution in [2.75, 3.05) is 0 Å². The van der Waals surface area contributed by atoms with E-state index in [1.165, 1.54) is 5.56 Å². The van der Waals surface area contributed by atoms with Crippen molar-refractivity contribution >= 4 is 54.8 Å². The van der Waals surface area contributed by atoms with Crippen LogP contribution >= 0.6 is 0 Å². The van der Waals surface area contributed by atoms with E-state index in [1.807, 2.05) is 36.5 Å². The molecule has 6 aromatic carbocycles. The number of pyridine rings is 1. The monoisotopic (exact) mass is 825 g/mol. The first-order valence-electron chi connectivity index (χ1n) is 16.6. The van der Waals surface area contributed by atoms with Gasteiger partial charge < -0.3 is 13.6 Å². The minimum Gasteiger partial charge on any atom is -0.514 e. The van der Waals surface area contributed by atoms with Gasteiger partial charge in [-0.2, -0.15) is 42.5 Å². The molecule has 0 aliphatic carbocycles. The van der Waals surface area contributed by atoms with Gasteiger partial charge in [-0.3, -0.25) is 0 Å². The molecule has 0 saturated carbocycles. The zero-order valence-electron chi connectivity index (χ0n) is 27.8. The Labute approximate surface area is 305 Å². The van der Waals surface area contributed by atoms with Crippen LogP contribution in [0.2, 0.25) is 0 Å². The molecule has 50 heavy (non-hydrogen) atoms. The molecule has 5 heteroatoms. The van der Waals surface area contributed by atoms with Crippen LogP contribution in [0.4, 0.5) is 0 Å². The Morgan fingerprint density at radius 1 is 0.580 bits per heavy atom. The van der Waals surface area contributed by atoms with Gasteiger partial charge in [0, 0.05) is 49.1 Å². The fraction of sp³-hybridized carbons (Fsp3) is 0.0889. The molecule has 0 aliphatic rings. The number of fused-ring (bicyclic) bond motifs is 7. The van der Waals surface area contributed by atoms with Gasteiger partial charge in [0.2, 0.25) is 0 Å². The van der Waals surface area contributed by atoms with Crippen LogP contribution in [0.1, 0.15) is 26.3 Å². The molecule has 0 fully saturated rings. The molecule has 0 unspecified atom stereocenters. The van der Waals surface area contributed by atoms with Crippen molar-refractivity contribution < 1.29 is 25.5 Å². The first-order valence-corrected chi connectivity index (χ1v) is 16.6. The molecule has 9 aromatic rings. The Morgan fingerprint density at radius 2 is 1.26 bits per heavy atom. The molecule has 0 N–H and O–H groups in total. The first kappa shape index (κ1) is 31.8. The summed E-state index contributed by atoms with van der Waals surface area (Å²) in [6, 6.07) is 57.0. The van der Waals surface area contributed by atoms with Crippen molar-refractivity contribution in [2.24, 2.45) is 0 Å². The fourth-order valence-corrected chi connectivity index (χ4v) is 6.87. The van der Waals surface area contributed by atoms with Gasteiger partial charge >= 0.3 is 0 Å². The van der Waals surface area contributed by atoms with Crippen LogP contribution in [-0.4, -0.2) is 14.1 Å². The largest absolute Gasteiger partial charge is 0.514 e. The quantitative estimate of drug-likeness (QED) is 0.166. The van der Waals surface area contributed by atoms with E-state index in [-0.39, 0.29) is 26.5 Å². The summed E-state index contributed by atoms with van der Waals surface area (Å²) < 4.78 is 11.4. The number of hydrogen-bond donors (Lipinski definition) is 0. The topological polar surface area (TPSA) is 35.9 Å². The van der Waals surface area contributed by atoms with Crippen molar-refractivity contribution in [1.29, 1.82) is 0 Å². The van der Waals surface area contributed by atoms with Crippen molar-refractivity contribution in [2.45, 2.75) is 26.2 Å². The number of para-hydroxylation sites is 3. The van der Waals surface area contributed by atoms with Crippen molar-refractivity contribution in [3.63, 3.8) is 0 Å². The summed E-state index contributed by atoms with van der Waals surface area (Å²) in [5, 5.41) is 4.23. The van der Waals surface area contributed by atoms with Crippen molar-refractivity contribution in [1.82, 2.24) is 14.1 Å². The summed E-state index contributed by atoms with van der Waals surface area (Å²) in [4.78, 5) is 4.92. The van der Waals surface area contributed by atoms with Gasteiger partial charge in [0.1, 0.15) is 11.4 Å². The standard InChI is InChI=1S/C45H32N3O.Pt/c1-45(2,3)32-24-25-46-44(27-32)48-39-22-11-8-19-35(39)37-28-43-41(29-40(37)48)47(33-17-13-16-31(26-33)30-14-5-4-6-15-30)38-21-10-7-18-34(38)36-20-9-12-23-42(36)49-43;/h4-14,16-25,27-28H,1-3H3;/q-3;. The van der Waals surface area contributed by atoms with Crippen molar-refractivity contribution in [3.8, 4) is 22.6 Å². The molecule has 3 heterocycles. The van der Waals surface area contributed by atoms with E-state index in [0.717, 1.165) is 71.8 Å². The second-order valence-electron chi connectivity index (χ2n) is 13.4. The van der Waals surface area contributed by atoms with E-state index >= 15 is 0 Å². The molecule has 9 rings (SSSR count). The molecule has 4 nitrogen and oxygen atoms in total. The maximum absolute atomic E-state index is 6.92. The summed E-state index contributed by atoms with van der Waals surface area (Å²) in [6.07, 6.45) is 1.91. The zero-order valence-corrected chi connectivity index (χ0v) is 30.1. The smallest absolute Gasteiger partial charge is 0.135 e. The van der Waals surface area contributed by atoms with Gasteiger partial charge in [-0.15, -0.1) is 24.3 Å².